The minimum absolute atomic E-state index is 0.131. The van der Waals surface area contributed by atoms with Crippen LogP contribution in [0.4, 0.5) is 8.78 Å². The predicted octanol–water partition coefficient (Wildman–Crippen LogP) is 3.21. The van der Waals surface area contributed by atoms with Crippen LogP contribution in [0.15, 0.2) is 30.5 Å². The molecule has 1 aromatic heterocycles. The van der Waals surface area contributed by atoms with Gasteiger partial charge in [-0.1, -0.05) is 0 Å². The summed E-state index contributed by atoms with van der Waals surface area (Å²) < 4.78 is 27.0. The van der Waals surface area contributed by atoms with Crippen LogP contribution in [0.3, 0.4) is 0 Å². The van der Waals surface area contributed by atoms with Crippen molar-refractivity contribution in [1.82, 2.24) is 4.98 Å². The van der Waals surface area contributed by atoms with Crippen LogP contribution in [0.1, 0.15) is 11.1 Å². The van der Waals surface area contributed by atoms with Gasteiger partial charge in [-0.3, -0.25) is 4.98 Å². The molecule has 0 unspecified atom stereocenters. The number of benzene rings is 1. The summed E-state index contributed by atoms with van der Waals surface area (Å²) in [5, 5.41) is 8.67. The Labute approximate surface area is 97.2 Å². The van der Waals surface area contributed by atoms with Gasteiger partial charge >= 0.3 is 0 Å². The molecule has 1 aromatic carbocycles. The van der Waals surface area contributed by atoms with Crippen LogP contribution in [-0.4, -0.2) is 4.98 Å². The monoisotopic (exact) mass is 230 g/mol. The summed E-state index contributed by atoms with van der Waals surface area (Å²) >= 11 is 0. The molecule has 0 aliphatic rings. The fourth-order valence-electron chi connectivity index (χ4n) is 1.54. The summed E-state index contributed by atoms with van der Waals surface area (Å²) in [5.41, 5.74) is 0.855. The highest BCUT2D eigenvalue weighted by Crippen LogP contribution is 2.25. The summed E-state index contributed by atoms with van der Waals surface area (Å²) in [5.74, 6) is -1.73. The van der Waals surface area contributed by atoms with Gasteiger partial charge in [0.2, 0.25) is 0 Å². The van der Waals surface area contributed by atoms with Gasteiger partial charge in [0.15, 0.2) is 5.82 Å². The minimum Gasteiger partial charge on any atom is -0.256 e. The van der Waals surface area contributed by atoms with Crippen LogP contribution in [0.5, 0.6) is 0 Å². The van der Waals surface area contributed by atoms with Gasteiger partial charge in [0, 0.05) is 11.8 Å². The van der Waals surface area contributed by atoms with Gasteiger partial charge in [-0.05, 0) is 36.8 Å². The number of rotatable bonds is 1. The number of aromatic nitrogens is 1. The number of hydrogen-bond acceptors (Lipinski definition) is 2. The van der Waals surface area contributed by atoms with Crippen molar-refractivity contribution in [2.24, 2.45) is 0 Å². The van der Waals surface area contributed by atoms with E-state index < -0.39 is 17.2 Å². The summed E-state index contributed by atoms with van der Waals surface area (Å²) in [4.78, 5) is 4.00. The molecule has 0 radical (unpaired) electrons. The van der Waals surface area contributed by atoms with Crippen molar-refractivity contribution >= 4 is 0 Å². The topological polar surface area (TPSA) is 36.7 Å². The molecule has 1 heterocycles. The van der Waals surface area contributed by atoms with Crippen molar-refractivity contribution in [2.45, 2.75) is 6.92 Å². The number of hydrogen-bond donors (Lipinski definition) is 0. The van der Waals surface area contributed by atoms with Crippen molar-refractivity contribution in [2.75, 3.05) is 0 Å². The van der Waals surface area contributed by atoms with Gasteiger partial charge < -0.3 is 0 Å². The number of nitriles is 1. The van der Waals surface area contributed by atoms with Crippen LogP contribution in [-0.2, 0) is 0 Å². The molecule has 0 saturated heterocycles. The Kier molecular flexibility index (Phi) is 2.84. The van der Waals surface area contributed by atoms with Gasteiger partial charge in [0.05, 0.1) is 5.69 Å². The molecule has 0 atom stereocenters. The van der Waals surface area contributed by atoms with Gasteiger partial charge in [-0.2, -0.15) is 5.26 Å². The van der Waals surface area contributed by atoms with E-state index in [0.29, 0.717) is 5.69 Å². The highest BCUT2D eigenvalue weighted by atomic mass is 19.1. The lowest BCUT2D eigenvalue weighted by atomic mass is 10.1. The number of halogens is 2. The van der Waals surface area contributed by atoms with Gasteiger partial charge in [-0.15, -0.1) is 0 Å². The molecule has 0 bridgehead atoms. The maximum Gasteiger partial charge on any atom is 0.153 e. The minimum atomic E-state index is -0.870. The van der Waals surface area contributed by atoms with Crippen LogP contribution in [0.25, 0.3) is 11.3 Å². The summed E-state index contributed by atoms with van der Waals surface area (Å²) in [7, 11) is 0. The van der Waals surface area contributed by atoms with E-state index in [1.54, 1.807) is 18.3 Å². The lowest BCUT2D eigenvalue weighted by Crippen LogP contribution is -1.95. The molecular weight excluding hydrogens is 222 g/mol. The molecule has 2 aromatic rings. The molecule has 0 amide bonds. The van der Waals surface area contributed by atoms with Crippen LogP contribution >= 0.6 is 0 Å². The Hall–Kier alpha value is -2.28. The second-order valence-corrected chi connectivity index (χ2v) is 3.61. The van der Waals surface area contributed by atoms with E-state index in [1.807, 2.05) is 6.92 Å². The Balaban J connectivity index is 2.66. The number of aryl methyl sites for hydroxylation is 1. The van der Waals surface area contributed by atoms with Crippen LogP contribution in [0.2, 0.25) is 0 Å². The molecule has 0 aliphatic heterocycles. The van der Waals surface area contributed by atoms with Crippen molar-refractivity contribution in [3.05, 3.63) is 53.2 Å². The normalized spacial score (nSPS) is 10.0. The van der Waals surface area contributed by atoms with E-state index in [0.717, 1.165) is 11.6 Å². The van der Waals surface area contributed by atoms with Gasteiger partial charge in [-0.25, -0.2) is 8.78 Å². The average molecular weight is 230 g/mol. The second kappa shape index (κ2) is 4.30. The predicted molar refractivity (Wildman–Crippen MR) is 59.0 cm³/mol. The van der Waals surface area contributed by atoms with Crippen LogP contribution < -0.4 is 0 Å². The first-order chi connectivity index (χ1) is 8.13. The molecular formula is C13H8F2N2. The zero-order valence-corrected chi connectivity index (χ0v) is 9.04. The Morgan fingerprint density at radius 3 is 2.65 bits per heavy atom. The first-order valence-electron chi connectivity index (χ1n) is 4.94. The van der Waals surface area contributed by atoms with Crippen molar-refractivity contribution in [3.63, 3.8) is 0 Å². The number of nitrogens with zero attached hydrogens (tertiary/aromatic N) is 2. The third-order valence-electron chi connectivity index (χ3n) is 2.39. The van der Waals surface area contributed by atoms with Crippen molar-refractivity contribution in [3.8, 4) is 17.3 Å². The quantitative estimate of drug-likeness (QED) is 0.754. The fourth-order valence-corrected chi connectivity index (χ4v) is 1.54. The molecule has 0 N–H and O–H groups in total. The first-order valence-corrected chi connectivity index (χ1v) is 4.94. The average Bonchev–Trinajstić information content (AvgIpc) is 2.29. The molecule has 4 heteroatoms. The highest BCUT2D eigenvalue weighted by molar-refractivity contribution is 5.63. The SMILES string of the molecule is Cc1ccnc(-c2ccc(F)c(C#N)c2F)c1. The highest BCUT2D eigenvalue weighted by Gasteiger charge is 2.15. The van der Waals surface area contributed by atoms with E-state index in [2.05, 4.69) is 4.98 Å². The van der Waals surface area contributed by atoms with Crippen LogP contribution in [0, 0.1) is 29.9 Å². The third kappa shape index (κ3) is 2.00. The summed E-state index contributed by atoms with van der Waals surface area (Å²) in [6.07, 6.45) is 1.54. The van der Waals surface area contributed by atoms with E-state index in [-0.39, 0.29) is 5.56 Å². The van der Waals surface area contributed by atoms with Gasteiger partial charge in [0.1, 0.15) is 17.4 Å². The maximum atomic E-state index is 13.8. The molecule has 0 aliphatic carbocycles. The summed E-state index contributed by atoms with van der Waals surface area (Å²) in [6.45, 7) is 1.85. The Bertz CT molecular complexity index is 615. The van der Waals surface area contributed by atoms with E-state index >= 15 is 0 Å². The molecule has 2 nitrogen and oxygen atoms in total. The second-order valence-electron chi connectivity index (χ2n) is 3.61. The lowest BCUT2D eigenvalue weighted by Gasteiger charge is -2.05. The van der Waals surface area contributed by atoms with E-state index in [9.17, 15) is 8.78 Å². The zero-order valence-electron chi connectivity index (χ0n) is 9.04. The Morgan fingerprint density at radius 1 is 1.24 bits per heavy atom. The standard InChI is InChI=1S/C13H8F2N2/c1-8-4-5-17-12(6-8)9-2-3-11(14)10(7-16)13(9)15/h2-6H,1H3. The fraction of sp³-hybridized carbons (Fsp3) is 0.0769. The lowest BCUT2D eigenvalue weighted by molar-refractivity contribution is 0.579. The van der Waals surface area contributed by atoms with Crippen molar-refractivity contribution in [1.29, 1.82) is 5.26 Å². The number of pyridine rings is 1. The van der Waals surface area contributed by atoms with E-state index in [1.165, 1.54) is 12.1 Å². The Morgan fingerprint density at radius 2 is 2.00 bits per heavy atom. The zero-order chi connectivity index (χ0) is 12.4. The third-order valence-corrected chi connectivity index (χ3v) is 2.39. The molecule has 84 valence electrons. The largest absolute Gasteiger partial charge is 0.256 e. The first kappa shape index (κ1) is 11.2. The molecule has 0 fully saturated rings. The maximum absolute atomic E-state index is 13.8. The molecule has 0 saturated carbocycles. The van der Waals surface area contributed by atoms with E-state index in [4.69, 9.17) is 5.26 Å². The van der Waals surface area contributed by atoms with Crippen molar-refractivity contribution < 1.29 is 8.78 Å². The molecule has 17 heavy (non-hydrogen) atoms. The smallest absolute Gasteiger partial charge is 0.153 e. The molecule has 2 rings (SSSR count). The van der Waals surface area contributed by atoms with Gasteiger partial charge in [0.25, 0.3) is 0 Å². The summed E-state index contributed by atoms with van der Waals surface area (Å²) in [6, 6.07) is 7.32. The molecule has 0 spiro atoms.